The molecule has 2 rings (SSSR count). The molecule has 1 aromatic heterocycles. The summed E-state index contributed by atoms with van der Waals surface area (Å²) in [5.74, 6) is -1.57. The predicted octanol–water partition coefficient (Wildman–Crippen LogP) is 4.60. The molecule has 46 heavy (non-hydrogen) atoms. The molecular formula is C35H56N6O5. The number of likely N-dealkylation sites (N-methyl/N-ethyl adjacent to an activating group) is 1. The fourth-order valence-electron chi connectivity index (χ4n) is 5.32. The minimum atomic E-state index is -0.973. The number of imidazole rings is 1. The summed E-state index contributed by atoms with van der Waals surface area (Å²) >= 11 is 0. The lowest BCUT2D eigenvalue weighted by Gasteiger charge is -2.23. The number of benzene rings is 1. The first-order valence-electron chi connectivity index (χ1n) is 17.1. The SMILES string of the molecule is CCCCCCCCCCCCCCCC(=O)N[C@@H](Cc1c[nH]cn1)C(=O)N[C@@H](C)C(=O)N[C@@H](Cc1ccc(O)cc1)C(=O)NC. The molecule has 1 heterocycles. The number of H-pyrrole nitrogens is 1. The van der Waals surface area contributed by atoms with E-state index in [1.165, 1.54) is 96.6 Å². The van der Waals surface area contributed by atoms with Crippen LogP contribution in [0, 0.1) is 0 Å². The van der Waals surface area contributed by atoms with Crippen LogP contribution in [0.4, 0.5) is 0 Å². The number of hydrogen-bond acceptors (Lipinski definition) is 6. The molecule has 0 aliphatic rings. The van der Waals surface area contributed by atoms with Crippen LogP contribution >= 0.6 is 0 Å². The van der Waals surface area contributed by atoms with Gasteiger partial charge in [-0.3, -0.25) is 19.2 Å². The molecule has 256 valence electrons. The summed E-state index contributed by atoms with van der Waals surface area (Å²) in [6.45, 7) is 3.77. The Kier molecular flexibility index (Phi) is 18.8. The van der Waals surface area contributed by atoms with E-state index in [0.29, 0.717) is 12.1 Å². The molecule has 2 aromatic rings. The second-order valence-corrected chi connectivity index (χ2v) is 12.2. The number of rotatable bonds is 24. The minimum Gasteiger partial charge on any atom is -0.508 e. The molecule has 4 amide bonds. The zero-order chi connectivity index (χ0) is 33.6. The van der Waals surface area contributed by atoms with Crippen molar-refractivity contribution in [2.45, 2.75) is 135 Å². The van der Waals surface area contributed by atoms with Crippen molar-refractivity contribution in [1.82, 2.24) is 31.2 Å². The molecule has 1 aromatic carbocycles. The third kappa shape index (κ3) is 15.9. The summed E-state index contributed by atoms with van der Waals surface area (Å²) in [5.41, 5.74) is 1.35. The first kappa shape index (κ1) is 38.3. The molecule has 0 aliphatic carbocycles. The summed E-state index contributed by atoms with van der Waals surface area (Å²) in [5, 5.41) is 20.3. The van der Waals surface area contributed by atoms with Gasteiger partial charge in [0.05, 0.1) is 12.0 Å². The molecule has 0 spiro atoms. The third-order valence-corrected chi connectivity index (χ3v) is 8.13. The molecule has 11 heteroatoms. The molecule has 3 atom stereocenters. The van der Waals surface area contributed by atoms with Crippen LogP contribution < -0.4 is 21.3 Å². The first-order valence-corrected chi connectivity index (χ1v) is 17.1. The minimum absolute atomic E-state index is 0.0986. The number of nitrogens with one attached hydrogen (secondary N) is 5. The summed E-state index contributed by atoms with van der Waals surface area (Å²) in [6.07, 6.45) is 19.7. The monoisotopic (exact) mass is 640 g/mol. The molecular weight excluding hydrogens is 584 g/mol. The average Bonchev–Trinajstić information content (AvgIpc) is 3.56. The summed E-state index contributed by atoms with van der Waals surface area (Å²) < 4.78 is 0. The van der Waals surface area contributed by atoms with Crippen molar-refractivity contribution < 1.29 is 24.3 Å². The van der Waals surface area contributed by atoms with Crippen LogP contribution in [0.5, 0.6) is 5.75 Å². The van der Waals surface area contributed by atoms with Crippen LogP contribution in [0.1, 0.15) is 115 Å². The maximum Gasteiger partial charge on any atom is 0.243 e. The number of nitrogens with zero attached hydrogens (tertiary/aromatic N) is 1. The van der Waals surface area contributed by atoms with E-state index in [2.05, 4.69) is 38.2 Å². The molecule has 0 fully saturated rings. The lowest BCUT2D eigenvalue weighted by molar-refractivity contribution is -0.133. The first-order chi connectivity index (χ1) is 22.2. The van der Waals surface area contributed by atoms with E-state index in [0.717, 1.165) is 24.8 Å². The predicted molar refractivity (Wildman–Crippen MR) is 180 cm³/mol. The average molecular weight is 641 g/mol. The van der Waals surface area contributed by atoms with Gasteiger partial charge in [-0.2, -0.15) is 0 Å². The second-order valence-electron chi connectivity index (χ2n) is 12.2. The Balaban J connectivity index is 1.79. The normalized spacial score (nSPS) is 12.9. The van der Waals surface area contributed by atoms with Crippen LogP contribution in [-0.4, -0.2) is 63.9 Å². The fraction of sp³-hybridized carbons (Fsp3) is 0.629. The van der Waals surface area contributed by atoms with Crippen LogP contribution in [0.2, 0.25) is 0 Å². The highest BCUT2D eigenvalue weighted by Gasteiger charge is 2.28. The van der Waals surface area contributed by atoms with E-state index in [9.17, 15) is 24.3 Å². The molecule has 0 radical (unpaired) electrons. The zero-order valence-electron chi connectivity index (χ0n) is 28.0. The van der Waals surface area contributed by atoms with Crippen molar-refractivity contribution in [2.24, 2.45) is 0 Å². The summed E-state index contributed by atoms with van der Waals surface area (Å²) in [4.78, 5) is 58.6. The molecule has 0 unspecified atom stereocenters. The number of aromatic hydroxyl groups is 1. The Labute approximate surface area is 274 Å². The largest absolute Gasteiger partial charge is 0.508 e. The van der Waals surface area contributed by atoms with E-state index in [-0.39, 0.29) is 24.5 Å². The topological polar surface area (TPSA) is 165 Å². The van der Waals surface area contributed by atoms with Crippen molar-refractivity contribution in [3.05, 3.63) is 48.0 Å². The zero-order valence-corrected chi connectivity index (χ0v) is 28.0. The van der Waals surface area contributed by atoms with Crippen molar-refractivity contribution in [3.8, 4) is 5.75 Å². The lowest BCUT2D eigenvalue weighted by Crippen LogP contribution is -2.56. The number of phenolic OH excluding ortho intramolecular Hbond substituents is 1. The Bertz CT molecular complexity index is 1150. The molecule has 0 aliphatic heterocycles. The molecule has 0 saturated heterocycles. The van der Waals surface area contributed by atoms with Crippen LogP contribution in [0.3, 0.4) is 0 Å². The Morgan fingerprint density at radius 1 is 0.739 bits per heavy atom. The Hall–Kier alpha value is -3.89. The highest BCUT2D eigenvalue weighted by atomic mass is 16.3. The van der Waals surface area contributed by atoms with Crippen LogP contribution in [0.15, 0.2) is 36.8 Å². The van der Waals surface area contributed by atoms with Gasteiger partial charge in [-0.15, -0.1) is 0 Å². The number of phenols is 1. The van der Waals surface area contributed by atoms with Gasteiger partial charge in [-0.25, -0.2) is 4.98 Å². The number of carbonyl (C=O) groups is 4. The molecule has 0 saturated carbocycles. The summed E-state index contributed by atoms with van der Waals surface area (Å²) in [6, 6.07) is 3.58. The number of unbranched alkanes of at least 4 members (excludes halogenated alkanes) is 12. The van der Waals surface area contributed by atoms with Crippen molar-refractivity contribution in [3.63, 3.8) is 0 Å². The Morgan fingerprint density at radius 2 is 1.30 bits per heavy atom. The van der Waals surface area contributed by atoms with Gasteiger partial charge < -0.3 is 31.4 Å². The molecule has 6 N–H and O–H groups in total. The highest BCUT2D eigenvalue weighted by Crippen LogP contribution is 2.14. The van der Waals surface area contributed by atoms with Crippen LogP contribution in [0.25, 0.3) is 0 Å². The summed E-state index contributed by atoms with van der Waals surface area (Å²) in [7, 11) is 1.48. The third-order valence-electron chi connectivity index (χ3n) is 8.13. The van der Waals surface area contributed by atoms with Gasteiger partial charge in [0.25, 0.3) is 0 Å². The van der Waals surface area contributed by atoms with E-state index >= 15 is 0 Å². The quantitative estimate of drug-likeness (QED) is 0.0918. The number of amides is 4. The second kappa shape index (κ2) is 22.6. The van der Waals surface area contributed by atoms with E-state index in [1.54, 1.807) is 18.3 Å². The van der Waals surface area contributed by atoms with Gasteiger partial charge in [-0.05, 0) is 31.0 Å². The maximum atomic E-state index is 13.3. The van der Waals surface area contributed by atoms with Gasteiger partial charge in [0, 0.05) is 32.5 Å². The van der Waals surface area contributed by atoms with E-state index in [1.807, 2.05) is 0 Å². The lowest BCUT2D eigenvalue weighted by atomic mass is 10.0. The van der Waals surface area contributed by atoms with E-state index in [4.69, 9.17) is 0 Å². The standard InChI is InChI=1S/C35H56N6O5/c1-4-5-6-7-8-9-10-11-12-13-14-15-16-17-32(43)40-31(23-28-24-37-25-38-28)35(46)39-26(2)33(44)41-30(34(45)36-3)22-27-18-20-29(42)21-19-27/h18-21,24-26,30-31,42H,4-17,22-23H2,1-3H3,(H,36,45)(H,37,38)(H,39,46)(H,40,43)(H,41,44)/t26-,30-,31-/m0/s1. The van der Waals surface area contributed by atoms with Gasteiger partial charge in [-0.1, -0.05) is 96.1 Å². The number of aromatic amines is 1. The van der Waals surface area contributed by atoms with Crippen molar-refractivity contribution >= 4 is 23.6 Å². The Morgan fingerprint density at radius 3 is 1.85 bits per heavy atom. The smallest absolute Gasteiger partial charge is 0.243 e. The number of carbonyl (C=O) groups excluding carboxylic acids is 4. The molecule has 0 bridgehead atoms. The number of aromatic nitrogens is 2. The maximum absolute atomic E-state index is 13.3. The fourth-order valence-corrected chi connectivity index (χ4v) is 5.32. The van der Waals surface area contributed by atoms with Gasteiger partial charge >= 0.3 is 0 Å². The highest BCUT2D eigenvalue weighted by molar-refractivity contribution is 5.94. The van der Waals surface area contributed by atoms with Gasteiger partial charge in [0.2, 0.25) is 23.6 Å². The van der Waals surface area contributed by atoms with Crippen LogP contribution in [-0.2, 0) is 32.0 Å². The van der Waals surface area contributed by atoms with Crippen molar-refractivity contribution in [1.29, 1.82) is 0 Å². The number of hydrogen-bond donors (Lipinski definition) is 6. The van der Waals surface area contributed by atoms with Gasteiger partial charge in [0.1, 0.15) is 23.9 Å². The van der Waals surface area contributed by atoms with E-state index < -0.39 is 35.8 Å². The van der Waals surface area contributed by atoms with Gasteiger partial charge in [0.15, 0.2) is 0 Å². The van der Waals surface area contributed by atoms with Crippen molar-refractivity contribution in [2.75, 3.05) is 7.05 Å². The molecule has 11 nitrogen and oxygen atoms in total.